The topological polar surface area (TPSA) is 39.1 Å². The van der Waals surface area contributed by atoms with Crippen molar-refractivity contribution < 1.29 is 4.74 Å². The minimum absolute atomic E-state index is 0.183. The molecule has 1 saturated heterocycles. The summed E-state index contributed by atoms with van der Waals surface area (Å²) in [5, 5.41) is 7.60. The number of hydrogen-bond acceptors (Lipinski definition) is 3. The Kier molecular flexibility index (Phi) is 2.33. The van der Waals surface area contributed by atoms with E-state index in [1.165, 1.54) is 5.56 Å². The normalized spacial score (nSPS) is 23.4. The summed E-state index contributed by atoms with van der Waals surface area (Å²) >= 11 is 0. The van der Waals surface area contributed by atoms with Crippen molar-refractivity contribution in [3.8, 4) is 0 Å². The molecule has 0 radical (unpaired) electrons. The van der Waals surface area contributed by atoms with Crippen LogP contribution in [0.5, 0.6) is 0 Å². The van der Waals surface area contributed by atoms with E-state index in [0.717, 1.165) is 25.4 Å². The molecule has 1 aliphatic heterocycles. The monoisotopic (exact) mass is 181 g/mol. The van der Waals surface area contributed by atoms with Gasteiger partial charge in [0, 0.05) is 31.9 Å². The zero-order valence-corrected chi connectivity index (χ0v) is 8.08. The van der Waals surface area contributed by atoms with E-state index in [1.54, 1.807) is 0 Å². The minimum atomic E-state index is 0.183. The maximum atomic E-state index is 5.64. The molecule has 1 atom stereocenters. The molecule has 1 N–H and O–H groups in total. The first-order valence-corrected chi connectivity index (χ1v) is 4.60. The first-order valence-electron chi connectivity index (χ1n) is 4.60. The maximum absolute atomic E-state index is 5.64. The van der Waals surface area contributed by atoms with Crippen molar-refractivity contribution >= 4 is 0 Å². The molecule has 2 rings (SSSR count). The van der Waals surface area contributed by atoms with Gasteiger partial charge in [-0.3, -0.25) is 4.68 Å². The van der Waals surface area contributed by atoms with Gasteiger partial charge in [0.05, 0.1) is 18.4 Å². The zero-order valence-electron chi connectivity index (χ0n) is 8.08. The van der Waals surface area contributed by atoms with E-state index in [4.69, 9.17) is 4.74 Å². The standard InChI is InChI=1S/C9H15N3O/c1-7-8(6-12(2)11-7)9-5-10-3-4-13-9/h6,9-10H,3-5H2,1-2H3. The predicted molar refractivity (Wildman–Crippen MR) is 49.5 cm³/mol. The van der Waals surface area contributed by atoms with Crippen LogP contribution in [0.15, 0.2) is 6.20 Å². The van der Waals surface area contributed by atoms with Crippen molar-refractivity contribution in [1.82, 2.24) is 15.1 Å². The number of nitrogens with zero attached hydrogens (tertiary/aromatic N) is 2. The number of morpholine rings is 1. The number of ether oxygens (including phenoxy) is 1. The Morgan fingerprint density at radius 2 is 2.54 bits per heavy atom. The fourth-order valence-corrected chi connectivity index (χ4v) is 1.70. The van der Waals surface area contributed by atoms with Crippen molar-refractivity contribution in [3.63, 3.8) is 0 Å². The molecule has 1 aromatic heterocycles. The van der Waals surface area contributed by atoms with E-state index in [0.29, 0.717) is 0 Å². The van der Waals surface area contributed by atoms with Crippen LogP contribution in [-0.2, 0) is 11.8 Å². The molecule has 0 amide bonds. The van der Waals surface area contributed by atoms with Crippen molar-refractivity contribution in [2.45, 2.75) is 13.0 Å². The average molecular weight is 181 g/mol. The van der Waals surface area contributed by atoms with E-state index in [2.05, 4.69) is 10.4 Å². The van der Waals surface area contributed by atoms with Crippen LogP contribution >= 0.6 is 0 Å². The Balaban J connectivity index is 2.18. The van der Waals surface area contributed by atoms with Gasteiger partial charge < -0.3 is 10.1 Å². The molecule has 2 heterocycles. The van der Waals surface area contributed by atoms with Gasteiger partial charge in [0.2, 0.25) is 0 Å². The summed E-state index contributed by atoms with van der Waals surface area (Å²) in [5.74, 6) is 0. The second-order valence-corrected chi connectivity index (χ2v) is 3.41. The SMILES string of the molecule is Cc1nn(C)cc1C1CNCCO1. The number of rotatable bonds is 1. The van der Waals surface area contributed by atoms with Gasteiger partial charge in [0.15, 0.2) is 0 Å². The molecule has 4 nitrogen and oxygen atoms in total. The molecule has 1 fully saturated rings. The summed E-state index contributed by atoms with van der Waals surface area (Å²) in [6, 6.07) is 0. The highest BCUT2D eigenvalue weighted by atomic mass is 16.5. The second-order valence-electron chi connectivity index (χ2n) is 3.41. The summed E-state index contributed by atoms with van der Waals surface area (Å²) in [4.78, 5) is 0. The Morgan fingerprint density at radius 3 is 3.08 bits per heavy atom. The summed E-state index contributed by atoms with van der Waals surface area (Å²) in [7, 11) is 1.94. The zero-order chi connectivity index (χ0) is 9.26. The third-order valence-electron chi connectivity index (χ3n) is 2.33. The van der Waals surface area contributed by atoms with Crippen molar-refractivity contribution in [2.24, 2.45) is 7.05 Å². The van der Waals surface area contributed by atoms with Crippen LogP contribution in [0.4, 0.5) is 0 Å². The Hall–Kier alpha value is -0.870. The highest BCUT2D eigenvalue weighted by Gasteiger charge is 2.19. The predicted octanol–water partition coefficient (Wildman–Crippen LogP) is 0.389. The summed E-state index contributed by atoms with van der Waals surface area (Å²) in [6.45, 7) is 4.66. The van der Waals surface area contributed by atoms with Crippen LogP contribution in [0, 0.1) is 6.92 Å². The first-order chi connectivity index (χ1) is 6.27. The number of nitrogens with one attached hydrogen (secondary N) is 1. The molecule has 1 aromatic rings. The van der Waals surface area contributed by atoms with Gasteiger partial charge in [0.1, 0.15) is 0 Å². The van der Waals surface area contributed by atoms with Gasteiger partial charge >= 0.3 is 0 Å². The van der Waals surface area contributed by atoms with E-state index >= 15 is 0 Å². The highest BCUT2D eigenvalue weighted by Crippen LogP contribution is 2.20. The van der Waals surface area contributed by atoms with Gasteiger partial charge in [0.25, 0.3) is 0 Å². The van der Waals surface area contributed by atoms with Gasteiger partial charge in [-0.05, 0) is 6.92 Å². The molecule has 0 bridgehead atoms. The Bertz CT molecular complexity index is 289. The smallest absolute Gasteiger partial charge is 0.0982 e. The number of aryl methyl sites for hydroxylation is 2. The van der Waals surface area contributed by atoms with Crippen molar-refractivity contribution in [3.05, 3.63) is 17.5 Å². The molecule has 13 heavy (non-hydrogen) atoms. The quantitative estimate of drug-likeness (QED) is 0.681. The van der Waals surface area contributed by atoms with Gasteiger partial charge in [-0.25, -0.2) is 0 Å². The number of aromatic nitrogens is 2. The third kappa shape index (κ3) is 1.73. The molecular weight excluding hydrogens is 166 g/mol. The molecule has 0 saturated carbocycles. The summed E-state index contributed by atoms with van der Waals surface area (Å²) in [5.41, 5.74) is 2.27. The van der Waals surface area contributed by atoms with Crippen LogP contribution in [-0.4, -0.2) is 29.5 Å². The lowest BCUT2D eigenvalue weighted by Crippen LogP contribution is -2.33. The minimum Gasteiger partial charge on any atom is -0.371 e. The lowest BCUT2D eigenvalue weighted by molar-refractivity contribution is 0.0273. The molecule has 1 unspecified atom stereocenters. The Labute approximate surface area is 77.9 Å². The lowest BCUT2D eigenvalue weighted by atomic mass is 10.1. The molecule has 0 aromatic carbocycles. The van der Waals surface area contributed by atoms with E-state index < -0.39 is 0 Å². The third-order valence-corrected chi connectivity index (χ3v) is 2.33. The van der Waals surface area contributed by atoms with E-state index in [9.17, 15) is 0 Å². The number of hydrogen-bond donors (Lipinski definition) is 1. The molecule has 1 aliphatic rings. The average Bonchev–Trinajstić information content (AvgIpc) is 2.47. The fourth-order valence-electron chi connectivity index (χ4n) is 1.70. The molecular formula is C9H15N3O. The molecule has 72 valence electrons. The van der Waals surface area contributed by atoms with Crippen LogP contribution in [0.1, 0.15) is 17.4 Å². The van der Waals surface area contributed by atoms with E-state index in [-0.39, 0.29) is 6.10 Å². The fraction of sp³-hybridized carbons (Fsp3) is 0.667. The summed E-state index contributed by atoms with van der Waals surface area (Å²) in [6.07, 6.45) is 2.22. The summed E-state index contributed by atoms with van der Waals surface area (Å²) < 4.78 is 7.48. The van der Waals surface area contributed by atoms with E-state index in [1.807, 2.05) is 24.9 Å². The largest absolute Gasteiger partial charge is 0.371 e. The van der Waals surface area contributed by atoms with Crippen molar-refractivity contribution in [1.29, 1.82) is 0 Å². The van der Waals surface area contributed by atoms with Crippen LogP contribution < -0.4 is 5.32 Å². The van der Waals surface area contributed by atoms with Crippen LogP contribution in [0.3, 0.4) is 0 Å². The Morgan fingerprint density at radius 1 is 1.69 bits per heavy atom. The molecule has 4 heteroatoms. The van der Waals surface area contributed by atoms with Gasteiger partial charge in [-0.2, -0.15) is 5.10 Å². The lowest BCUT2D eigenvalue weighted by Gasteiger charge is -2.23. The van der Waals surface area contributed by atoms with Crippen LogP contribution in [0.25, 0.3) is 0 Å². The van der Waals surface area contributed by atoms with Gasteiger partial charge in [-0.1, -0.05) is 0 Å². The van der Waals surface area contributed by atoms with Gasteiger partial charge in [-0.15, -0.1) is 0 Å². The highest BCUT2D eigenvalue weighted by molar-refractivity contribution is 5.19. The second kappa shape index (κ2) is 3.47. The molecule has 0 spiro atoms. The van der Waals surface area contributed by atoms with Crippen molar-refractivity contribution in [2.75, 3.05) is 19.7 Å². The first kappa shape index (κ1) is 8.72. The molecule has 0 aliphatic carbocycles. The maximum Gasteiger partial charge on any atom is 0.0982 e. The van der Waals surface area contributed by atoms with Crippen LogP contribution in [0.2, 0.25) is 0 Å².